The summed E-state index contributed by atoms with van der Waals surface area (Å²) in [4.78, 5) is 23.7. The summed E-state index contributed by atoms with van der Waals surface area (Å²) >= 11 is 0. The van der Waals surface area contributed by atoms with Crippen molar-refractivity contribution in [1.29, 1.82) is 0 Å². The highest BCUT2D eigenvalue weighted by molar-refractivity contribution is 5.79. The van der Waals surface area contributed by atoms with E-state index >= 15 is 0 Å². The molecule has 25 heavy (non-hydrogen) atoms. The molecule has 148 valence electrons. The Kier molecular flexibility index (Phi) is 14.6. The molecule has 0 aliphatic carbocycles. The minimum Gasteiger partial charge on any atom is -0.460 e. The monoisotopic (exact) mass is 356 g/mol. The minimum atomic E-state index is -0.819. The van der Waals surface area contributed by atoms with Crippen molar-refractivity contribution in [1.82, 2.24) is 0 Å². The van der Waals surface area contributed by atoms with Crippen LogP contribution in [0.15, 0.2) is 0 Å². The lowest BCUT2D eigenvalue weighted by Gasteiger charge is -2.18. The number of carbonyl (C=O) groups excluding carboxylic acids is 2. The Balaban J connectivity index is 3.68. The molecular weight excluding hydrogens is 316 g/mol. The fourth-order valence-electron chi connectivity index (χ4n) is 2.89. The van der Waals surface area contributed by atoms with Crippen LogP contribution in [0.1, 0.15) is 105 Å². The lowest BCUT2D eigenvalue weighted by Crippen LogP contribution is -2.29. The molecule has 2 unspecified atom stereocenters. The molecule has 0 heterocycles. The predicted octanol–water partition coefficient (Wildman–Crippen LogP) is 5.82. The second-order valence-corrected chi connectivity index (χ2v) is 7.59. The van der Waals surface area contributed by atoms with Crippen molar-refractivity contribution in [3.8, 4) is 0 Å². The van der Waals surface area contributed by atoms with Gasteiger partial charge in [0.05, 0.1) is 6.10 Å². The lowest BCUT2D eigenvalue weighted by atomic mass is 10.1. The SMILES string of the molecule is CCCCCCCCCCCC(=O)OC(C)C(=O)OC(C)CC(C)C. The summed E-state index contributed by atoms with van der Waals surface area (Å²) in [7, 11) is 0. The first-order chi connectivity index (χ1) is 11.9. The highest BCUT2D eigenvalue weighted by Crippen LogP contribution is 2.12. The van der Waals surface area contributed by atoms with Gasteiger partial charge in [-0.05, 0) is 32.6 Å². The van der Waals surface area contributed by atoms with Gasteiger partial charge in [-0.1, -0.05) is 72.1 Å². The molecule has 0 aromatic carbocycles. The number of esters is 2. The van der Waals surface area contributed by atoms with E-state index in [1.165, 1.54) is 44.9 Å². The molecule has 0 rings (SSSR count). The van der Waals surface area contributed by atoms with Crippen LogP contribution in [-0.4, -0.2) is 24.1 Å². The van der Waals surface area contributed by atoms with Gasteiger partial charge in [0.25, 0.3) is 0 Å². The van der Waals surface area contributed by atoms with E-state index in [1.807, 2.05) is 6.92 Å². The first-order valence-electron chi connectivity index (χ1n) is 10.3. The number of hydrogen-bond acceptors (Lipinski definition) is 4. The Morgan fingerprint density at radius 3 is 1.80 bits per heavy atom. The van der Waals surface area contributed by atoms with E-state index in [0.29, 0.717) is 12.3 Å². The van der Waals surface area contributed by atoms with Crippen LogP contribution in [0.25, 0.3) is 0 Å². The van der Waals surface area contributed by atoms with Gasteiger partial charge in [-0.3, -0.25) is 4.79 Å². The predicted molar refractivity (Wildman–Crippen MR) is 102 cm³/mol. The van der Waals surface area contributed by atoms with E-state index in [2.05, 4.69) is 20.8 Å². The van der Waals surface area contributed by atoms with Crippen LogP contribution in [0.2, 0.25) is 0 Å². The van der Waals surface area contributed by atoms with E-state index in [4.69, 9.17) is 9.47 Å². The Hall–Kier alpha value is -1.06. The van der Waals surface area contributed by atoms with Crippen molar-refractivity contribution >= 4 is 11.9 Å². The van der Waals surface area contributed by atoms with Gasteiger partial charge < -0.3 is 9.47 Å². The fourth-order valence-corrected chi connectivity index (χ4v) is 2.89. The summed E-state index contributed by atoms with van der Waals surface area (Å²) in [5.41, 5.74) is 0. The fraction of sp³-hybridized carbons (Fsp3) is 0.905. The second kappa shape index (κ2) is 15.2. The summed E-state index contributed by atoms with van der Waals surface area (Å²) < 4.78 is 10.5. The highest BCUT2D eigenvalue weighted by atomic mass is 16.6. The van der Waals surface area contributed by atoms with Crippen LogP contribution in [0.4, 0.5) is 0 Å². The van der Waals surface area contributed by atoms with Crippen LogP contribution in [0.3, 0.4) is 0 Å². The molecule has 0 aliphatic heterocycles. The van der Waals surface area contributed by atoms with Gasteiger partial charge in [-0.25, -0.2) is 4.79 Å². The summed E-state index contributed by atoms with van der Waals surface area (Å²) in [5, 5.41) is 0. The van der Waals surface area contributed by atoms with Gasteiger partial charge >= 0.3 is 11.9 Å². The molecule has 4 nitrogen and oxygen atoms in total. The van der Waals surface area contributed by atoms with Crippen LogP contribution >= 0.6 is 0 Å². The van der Waals surface area contributed by atoms with Crippen LogP contribution in [0.5, 0.6) is 0 Å². The molecule has 0 spiro atoms. The molecular formula is C21H40O4. The zero-order valence-electron chi connectivity index (χ0n) is 17.1. The van der Waals surface area contributed by atoms with E-state index in [-0.39, 0.29) is 12.1 Å². The average molecular weight is 357 g/mol. The van der Waals surface area contributed by atoms with Gasteiger partial charge in [-0.15, -0.1) is 0 Å². The van der Waals surface area contributed by atoms with E-state index in [0.717, 1.165) is 19.3 Å². The normalized spacial score (nSPS) is 13.5. The molecule has 0 fully saturated rings. The third-order valence-corrected chi connectivity index (χ3v) is 4.25. The van der Waals surface area contributed by atoms with Crippen molar-refractivity contribution in [2.75, 3.05) is 0 Å². The van der Waals surface area contributed by atoms with Crippen molar-refractivity contribution in [2.45, 2.75) is 117 Å². The summed E-state index contributed by atoms with van der Waals surface area (Å²) in [6, 6.07) is 0. The van der Waals surface area contributed by atoms with Crippen molar-refractivity contribution in [3.63, 3.8) is 0 Å². The highest BCUT2D eigenvalue weighted by Gasteiger charge is 2.21. The van der Waals surface area contributed by atoms with Crippen molar-refractivity contribution in [3.05, 3.63) is 0 Å². The first-order valence-corrected chi connectivity index (χ1v) is 10.3. The summed E-state index contributed by atoms with van der Waals surface area (Å²) in [6.07, 6.45) is 11.1. The van der Waals surface area contributed by atoms with E-state index in [9.17, 15) is 9.59 Å². The number of rotatable bonds is 15. The maximum absolute atomic E-state index is 11.9. The summed E-state index contributed by atoms with van der Waals surface area (Å²) in [5.74, 6) is -0.287. The molecule has 0 saturated carbocycles. The number of ether oxygens (including phenoxy) is 2. The maximum Gasteiger partial charge on any atom is 0.347 e. The standard InChI is InChI=1S/C21H40O4/c1-6-7-8-9-10-11-12-13-14-15-20(22)25-19(5)21(23)24-18(4)16-17(2)3/h17-19H,6-16H2,1-5H3. The Labute approximate surface area is 155 Å². The second-order valence-electron chi connectivity index (χ2n) is 7.59. The van der Waals surface area contributed by atoms with E-state index < -0.39 is 12.1 Å². The Morgan fingerprint density at radius 2 is 1.28 bits per heavy atom. The molecule has 4 heteroatoms. The first kappa shape index (κ1) is 23.9. The van der Waals surface area contributed by atoms with Gasteiger partial charge in [0.1, 0.15) is 0 Å². The van der Waals surface area contributed by atoms with Crippen LogP contribution in [-0.2, 0) is 19.1 Å². The smallest absolute Gasteiger partial charge is 0.347 e. The maximum atomic E-state index is 11.9. The molecule has 0 amide bonds. The molecule has 0 aliphatic rings. The topological polar surface area (TPSA) is 52.6 Å². The Morgan fingerprint density at radius 1 is 0.760 bits per heavy atom. The number of hydrogen-bond donors (Lipinski definition) is 0. The molecule has 0 N–H and O–H groups in total. The number of unbranched alkanes of at least 4 members (excludes halogenated alkanes) is 8. The quantitative estimate of drug-likeness (QED) is 0.274. The number of carbonyl (C=O) groups is 2. The zero-order valence-corrected chi connectivity index (χ0v) is 17.1. The molecule has 0 aromatic heterocycles. The molecule has 0 aromatic rings. The van der Waals surface area contributed by atoms with Crippen LogP contribution in [0, 0.1) is 5.92 Å². The summed E-state index contributed by atoms with van der Waals surface area (Å²) in [6.45, 7) is 9.84. The Bertz CT molecular complexity index is 352. The average Bonchev–Trinajstić information content (AvgIpc) is 2.52. The molecule has 2 atom stereocenters. The van der Waals surface area contributed by atoms with Gasteiger partial charge in [-0.2, -0.15) is 0 Å². The van der Waals surface area contributed by atoms with Crippen molar-refractivity contribution in [2.24, 2.45) is 5.92 Å². The van der Waals surface area contributed by atoms with Crippen molar-refractivity contribution < 1.29 is 19.1 Å². The third-order valence-electron chi connectivity index (χ3n) is 4.25. The minimum absolute atomic E-state index is 0.147. The molecule has 0 radical (unpaired) electrons. The third kappa shape index (κ3) is 14.9. The van der Waals surface area contributed by atoms with Crippen LogP contribution < -0.4 is 0 Å². The zero-order chi connectivity index (χ0) is 19.1. The lowest BCUT2D eigenvalue weighted by molar-refractivity contribution is -0.170. The van der Waals surface area contributed by atoms with Gasteiger partial charge in [0.15, 0.2) is 6.10 Å². The van der Waals surface area contributed by atoms with Gasteiger partial charge in [0, 0.05) is 6.42 Å². The molecule has 0 saturated heterocycles. The van der Waals surface area contributed by atoms with Gasteiger partial charge in [0.2, 0.25) is 0 Å². The largest absolute Gasteiger partial charge is 0.460 e. The van der Waals surface area contributed by atoms with E-state index in [1.54, 1.807) is 6.92 Å². The molecule has 0 bridgehead atoms.